The number of benzene rings is 2. The van der Waals surface area contributed by atoms with Crippen molar-refractivity contribution in [3.63, 3.8) is 0 Å². The van der Waals surface area contributed by atoms with Gasteiger partial charge in [0.15, 0.2) is 11.5 Å². The predicted octanol–water partition coefficient (Wildman–Crippen LogP) is 3.15. The first-order valence-electron chi connectivity index (χ1n) is 10.2. The lowest BCUT2D eigenvalue weighted by molar-refractivity contribution is 0.0934. The Kier molecular flexibility index (Phi) is 7.17. The molecule has 30 heavy (non-hydrogen) atoms. The fourth-order valence-electron chi connectivity index (χ4n) is 3.71. The largest absolute Gasteiger partial charge is 0.493 e. The number of ether oxygens (including phenoxy) is 2. The summed E-state index contributed by atoms with van der Waals surface area (Å²) < 4.78 is 10.9. The summed E-state index contributed by atoms with van der Waals surface area (Å²) in [5.74, 6) is 1.09. The molecule has 3 rings (SSSR count). The zero-order chi connectivity index (χ0) is 21.5. The monoisotopic (exact) mass is 411 g/mol. The summed E-state index contributed by atoms with van der Waals surface area (Å²) in [7, 11) is 3.19. The minimum Gasteiger partial charge on any atom is -0.493 e. The van der Waals surface area contributed by atoms with E-state index in [1.807, 2.05) is 37.3 Å². The van der Waals surface area contributed by atoms with E-state index in [1.54, 1.807) is 31.3 Å². The lowest BCUT2D eigenvalue weighted by Crippen LogP contribution is -2.49. The SMILES string of the molecule is CCCNC(=O)N1CCc2cc(OC)c(OC)cc2C1CNC(=O)c1ccccc1. The van der Waals surface area contributed by atoms with E-state index in [0.29, 0.717) is 43.1 Å². The van der Waals surface area contributed by atoms with Crippen LogP contribution in [0.2, 0.25) is 0 Å². The lowest BCUT2D eigenvalue weighted by atomic mass is 9.91. The van der Waals surface area contributed by atoms with Crippen molar-refractivity contribution < 1.29 is 19.1 Å². The van der Waals surface area contributed by atoms with Gasteiger partial charge in [-0.05, 0) is 48.2 Å². The van der Waals surface area contributed by atoms with Gasteiger partial charge in [0.25, 0.3) is 5.91 Å². The third-order valence-electron chi connectivity index (χ3n) is 5.28. The number of carbonyl (C=O) groups excluding carboxylic acids is 2. The number of urea groups is 1. The Bertz CT molecular complexity index is 886. The summed E-state index contributed by atoms with van der Waals surface area (Å²) in [4.78, 5) is 27.2. The van der Waals surface area contributed by atoms with Crippen LogP contribution in [0.5, 0.6) is 11.5 Å². The van der Waals surface area contributed by atoms with E-state index in [-0.39, 0.29) is 18.0 Å². The van der Waals surface area contributed by atoms with Gasteiger partial charge in [-0.2, -0.15) is 0 Å². The second-order valence-electron chi connectivity index (χ2n) is 7.17. The third kappa shape index (κ3) is 4.67. The summed E-state index contributed by atoms with van der Waals surface area (Å²) in [6, 6.07) is 12.5. The summed E-state index contributed by atoms with van der Waals surface area (Å²) in [6.45, 7) is 3.48. The van der Waals surface area contributed by atoms with Gasteiger partial charge in [0.1, 0.15) is 0 Å². The fourth-order valence-corrected chi connectivity index (χ4v) is 3.71. The number of rotatable bonds is 7. The van der Waals surface area contributed by atoms with E-state index < -0.39 is 0 Å². The summed E-state index contributed by atoms with van der Waals surface area (Å²) in [5.41, 5.74) is 2.63. The lowest BCUT2D eigenvalue weighted by Gasteiger charge is -2.38. The van der Waals surface area contributed by atoms with Crippen molar-refractivity contribution in [2.45, 2.75) is 25.8 Å². The molecule has 160 valence electrons. The zero-order valence-electron chi connectivity index (χ0n) is 17.7. The van der Waals surface area contributed by atoms with Crippen molar-refractivity contribution in [2.24, 2.45) is 0 Å². The summed E-state index contributed by atoms with van der Waals surface area (Å²) in [5, 5.41) is 5.94. The molecule has 2 aromatic carbocycles. The van der Waals surface area contributed by atoms with Crippen LogP contribution in [-0.4, -0.2) is 50.7 Å². The van der Waals surface area contributed by atoms with Crippen LogP contribution in [0, 0.1) is 0 Å². The van der Waals surface area contributed by atoms with Gasteiger partial charge in [0, 0.05) is 25.2 Å². The molecular formula is C23H29N3O4. The quantitative estimate of drug-likeness (QED) is 0.734. The van der Waals surface area contributed by atoms with Crippen LogP contribution in [0.25, 0.3) is 0 Å². The smallest absolute Gasteiger partial charge is 0.317 e. The number of hydrogen-bond acceptors (Lipinski definition) is 4. The normalized spacial score (nSPS) is 15.2. The van der Waals surface area contributed by atoms with Crippen molar-refractivity contribution in [3.05, 3.63) is 59.2 Å². The molecule has 3 amide bonds. The van der Waals surface area contributed by atoms with Crippen molar-refractivity contribution in [2.75, 3.05) is 33.9 Å². The number of hydrogen-bond donors (Lipinski definition) is 2. The first kappa shape index (κ1) is 21.5. The molecule has 0 aliphatic carbocycles. The molecule has 2 aromatic rings. The predicted molar refractivity (Wildman–Crippen MR) is 115 cm³/mol. The number of nitrogens with zero attached hydrogens (tertiary/aromatic N) is 1. The highest BCUT2D eigenvalue weighted by atomic mass is 16.5. The molecule has 2 N–H and O–H groups in total. The molecule has 0 spiro atoms. The Balaban J connectivity index is 1.89. The number of methoxy groups -OCH3 is 2. The summed E-state index contributed by atoms with van der Waals surface area (Å²) in [6.07, 6.45) is 1.56. The average Bonchev–Trinajstić information content (AvgIpc) is 2.80. The minimum atomic E-state index is -0.307. The second kappa shape index (κ2) is 10.0. The fraction of sp³-hybridized carbons (Fsp3) is 0.391. The molecule has 0 radical (unpaired) electrons. The minimum absolute atomic E-state index is 0.128. The first-order valence-corrected chi connectivity index (χ1v) is 10.2. The number of carbonyl (C=O) groups is 2. The van der Waals surface area contributed by atoms with Gasteiger partial charge in [0.2, 0.25) is 0 Å². The van der Waals surface area contributed by atoms with Gasteiger partial charge in [-0.25, -0.2) is 4.79 Å². The molecule has 1 aliphatic rings. The molecule has 1 heterocycles. The number of amides is 3. The maximum atomic E-state index is 12.8. The number of nitrogens with one attached hydrogen (secondary N) is 2. The Morgan fingerprint density at radius 2 is 1.77 bits per heavy atom. The third-order valence-corrected chi connectivity index (χ3v) is 5.28. The topological polar surface area (TPSA) is 79.9 Å². The van der Waals surface area contributed by atoms with Crippen LogP contribution in [0.1, 0.15) is 40.9 Å². The maximum absolute atomic E-state index is 12.8. The first-order chi connectivity index (χ1) is 14.6. The van der Waals surface area contributed by atoms with E-state index in [0.717, 1.165) is 17.5 Å². The molecular weight excluding hydrogens is 382 g/mol. The standard InChI is InChI=1S/C23H29N3O4/c1-4-11-24-23(28)26-12-10-17-13-20(29-2)21(30-3)14-18(17)19(26)15-25-22(27)16-8-6-5-7-9-16/h5-9,13-14,19H,4,10-12,15H2,1-3H3,(H,24,28)(H,25,27). The van der Waals surface area contributed by atoms with Gasteiger partial charge in [-0.3, -0.25) is 4.79 Å². The molecule has 0 saturated heterocycles. The zero-order valence-corrected chi connectivity index (χ0v) is 17.7. The molecule has 7 nitrogen and oxygen atoms in total. The van der Waals surface area contributed by atoms with Crippen LogP contribution in [0.3, 0.4) is 0 Å². The van der Waals surface area contributed by atoms with Crippen molar-refractivity contribution in [1.82, 2.24) is 15.5 Å². The molecule has 7 heteroatoms. The number of fused-ring (bicyclic) bond motifs is 1. The van der Waals surface area contributed by atoms with Gasteiger partial charge in [-0.1, -0.05) is 25.1 Å². The molecule has 1 aliphatic heterocycles. The molecule has 0 aromatic heterocycles. The van der Waals surface area contributed by atoms with Crippen LogP contribution < -0.4 is 20.1 Å². The highest BCUT2D eigenvalue weighted by Gasteiger charge is 2.32. The Morgan fingerprint density at radius 1 is 1.07 bits per heavy atom. The highest BCUT2D eigenvalue weighted by Crippen LogP contribution is 2.38. The van der Waals surface area contributed by atoms with E-state index in [2.05, 4.69) is 10.6 Å². The van der Waals surface area contributed by atoms with Gasteiger partial charge < -0.3 is 25.0 Å². The maximum Gasteiger partial charge on any atom is 0.317 e. The van der Waals surface area contributed by atoms with Crippen molar-refractivity contribution in [3.8, 4) is 11.5 Å². The average molecular weight is 412 g/mol. The Hall–Kier alpha value is -3.22. The Labute approximate surface area is 177 Å². The van der Waals surface area contributed by atoms with Crippen LogP contribution in [0.15, 0.2) is 42.5 Å². The van der Waals surface area contributed by atoms with Gasteiger partial charge in [0.05, 0.1) is 20.3 Å². The second-order valence-corrected chi connectivity index (χ2v) is 7.17. The van der Waals surface area contributed by atoms with E-state index in [1.165, 1.54) is 0 Å². The Morgan fingerprint density at radius 3 is 2.43 bits per heavy atom. The molecule has 0 saturated carbocycles. The van der Waals surface area contributed by atoms with Gasteiger partial charge in [-0.15, -0.1) is 0 Å². The van der Waals surface area contributed by atoms with Gasteiger partial charge >= 0.3 is 6.03 Å². The van der Waals surface area contributed by atoms with E-state index >= 15 is 0 Å². The van der Waals surface area contributed by atoms with Crippen molar-refractivity contribution in [1.29, 1.82) is 0 Å². The van der Waals surface area contributed by atoms with Crippen molar-refractivity contribution >= 4 is 11.9 Å². The van der Waals surface area contributed by atoms with E-state index in [9.17, 15) is 9.59 Å². The van der Waals surface area contributed by atoms with Crippen LogP contribution in [0.4, 0.5) is 4.79 Å². The molecule has 1 atom stereocenters. The van der Waals surface area contributed by atoms with Crippen LogP contribution in [-0.2, 0) is 6.42 Å². The van der Waals surface area contributed by atoms with Crippen LogP contribution >= 0.6 is 0 Å². The summed E-state index contributed by atoms with van der Waals surface area (Å²) >= 11 is 0. The molecule has 0 bridgehead atoms. The highest BCUT2D eigenvalue weighted by molar-refractivity contribution is 5.94. The molecule has 1 unspecified atom stereocenters. The molecule has 0 fully saturated rings. The van der Waals surface area contributed by atoms with E-state index in [4.69, 9.17) is 9.47 Å².